The van der Waals surface area contributed by atoms with Crippen LogP contribution in [0.2, 0.25) is 0 Å². The van der Waals surface area contributed by atoms with Gasteiger partial charge < -0.3 is 15.3 Å². The van der Waals surface area contributed by atoms with Crippen LogP contribution >= 0.6 is 0 Å². The number of urea groups is 1. The molecule has 2 aliphatic rings. The van der Waals surface area contributed by atoms with Crippen LogP contribution in [0, 0.1) is 11.8 Å². The van der Waals surface area contributed by atoms with Crippen LogP contribution in [-0.4, -0.2) is 29.1 Å². The molecule has 2 aromatic carbocycles. The van der Waals surface area contributed by atoms with E-state index in [0.29, 0.717) is 25.9 Å². The summed E-state index contributed by atoms with van der Waals surface area (Å²) in [6.07, 6.45) is -3.29. The highest BCUT2D eigenvalue weighted by Crippen LogP contribution is 2.49. The van der Waals surface area contributed by atoms with Gasteiger partial charge in [-0.1, -0.05) is 36.4 Å². The third-order valence-electron chi connectivity index (χ3n) is 5.82. The summed E-state index contributed by atoms with van der Waals surface area (Å²) in [4.78, 5) is 14.1. The number of amides is 2. The van der Waals surface area contributed by atoms with E-state index in [1.807, 2.05) is 30.3 Å². The summed E-state index contributed by atoms with van der Waals surface area (Å²) >= 11 is 0. The van der Waals surface area contributed by atoms with Gasteiger partial charge in [0, 0.05) is 18.8 Å². The Labute approximate surface area is 161 Å². The fourth-order valence-electron chi connectivity index (χ4n) is 4.48. The second-order valence-electron chi connectivity index (χ2n) is 7.74. The van der Waals surface area contributed by atoms with Crippen molar-refractivity contribution in [3.63, 3.8) is 0 Å². The van der Waals surface area contributed by atoms with Crippen molar-refractivity contribution in [3.05, 3.63) is 65.7 Å². The molecule has 3 atom stereocenters. The van der Waals surface area contributed by atoms with Crippen molar-refractivity contribution in [3.8, 4) is 0 Å². The molecule has 0 aromatic heterocycles. The predicted molar refractivity (Wildman–Crippen MR) is 98.6 cm³/mol. The summed E-state index contributed by atoms with van der Waals surface area (Å²) in [5.74, 6) is 0.356. The number of fused-ring (bicyclic) bond motifs is 1. The van der Waals surface area contributed by atoms with Crippen LogP contribution in [0.25, 0.3) is 0 Å². The maximum atomic E-state index is 12.8. The van der Waals surface area contributed by atoms with Crippen LogP contribution in [0.15, 0.2) is 54.6 Å². The fraction of sp³-hybridized carbons (Fsp3) is 0.381. The van der Waals surface area contributed by atoms with E-state index in [1.54, 1.807) is 4.90 Å². The SMILES string of the molecule is O=C(Nc1cccc(C(F)(F)F)c1)N1C[C@@H]2CC(O)(c3ccccc3)C[C@@H]2C1. The first-order valence-electron chi connectivity index (χ1n) is 9.26. The predicted octanol–water partition coefficient (Wildman–Crippen LogP) is 4.47. The average molecular weight is 390 g/mol. The average Bonchev–Trinajstić information content (AvgIpc) is 3.18. The lowest BCUT2D eigenvalue weighted by molar-refractivity contribution is -0.137. The minimum Gasteiger partial charge on any atom is -0.385 e. The standard InChI is InChI=1S/C21H21F3N2O2/c22-21(23,24)17-7-4-8-18(9-17)25-19(27)26-12-14-10-20(28,11-15(14)13-26)16-5-2-1-3-6-16/h1-9,14-15,28H,10-13H2,(H,25,27)/t14-,15+,20?. The number of benzene rings is 2. The van der Waals surface area contributed by atoms with Gasteiger partial charge >= 0.3 is 12.2 Å². The van der Waals surface area contributed by atoms with E-state index >= 15 is 0 Å². The van der Waals surface area contributed by atoms with Crippen LogP contribution in [0.4, 0.5) is 23.7 Å². The Hall–Kier alpha value is -2.54. The molecular formula is C21H21F3N2O2. The molecule has 28 heavy (non-hydrogen) atoms. The summed E-state index contributed by atoms with van der Waals surface area (Å²) in [5.41, 5.74) is -0.654. The van der Waals surface area contributed by atoms with Crippen LogP contribution < -0.4 is 5.32 Å². The third kappa shape index (κ3) is 3.58. The number of aliphatic hydroxyl groups is 1. The van der Waals surface area contributed by atoms with Gasteiger partial charge in [-0.15, -0.1) is 0 Å². The Morgan fingerprint density at radius 2 is 1.68 bits per heavy atom. The van der Waals surface area contributed by atoms with Crippen molar-refractivity contribution >= 4 is 11.7 Å². The fourth-order valence-corrected chi connectivity index (χ4v) is 4.48. The maximum absolute atomic E-state index is 12.8. The number of halogens is 3. The molecule has 0 radical (unpaired) electrons. The summed E-state index contributed by atoms with van der Waals surface area (Å²) < 4.78 is 38.5. The van der Waals surface area contributed by atoms with Crippen LogP contribution in [0.3, 0.4) is 0 Å². The van der Waals surface area contributed by atoms with Gasteiger partial charge in [0.15, 0.2) is 0 Å². The van der Waals surface area contributed by atoms with Gasteiger partial charge in [0.05, 0.1) is 11.2 Å². The minimum absolute atomic E-state index is 0.123. The molecule has 1 saturated carbocycles. The summed E-state index contributed by atoms with van der Waals surface area (Å²) in [6, 6.07) is 13.8. The first-order valence-corrected chi connectivity index (χ1v) is 9.26. The number of hydrogen-bond donors (Lipinski definition) is 2. The normalized spacial score (nSPS) is 26.9. The second kappa shape index (κ2) is 6.81. The van der Waals surface area contributed by atoms with Gasteiger partial charge in [0.25, 0.3) is 0 Å². The highest BCUT2D eigenvalue weighted by Gasteiger charge is 2.49. The molecule has 1 aliphatic carbocycles. The molecule has 0 spiro atoms. The van der Waals surface area contributed by atoms with Crippen molar-refractivity contribution in [1.82, 2.24) is 4.90 Å². The lowest BCUT2D eigenvalue weighted by Gasteiger charge is -2.26. The molecule has 4 nitrogen and oxygen atoms in total. The number of likely N-dealkylation sites (tertiary alicyclic amines) is 1. The van der Waals surface area contributed by atoms with E-state index in [2.05, 4.69) is 5.32 Å². The first-order chi connectivity index (χ1) is 13.2. The summed E-state index contributed by atoms with van der Waals surface area (Å²) in [7, 11) is 0. The van der Waals surface area contributed by atoms with Gasteiger partial charge in [-0.05, 0) is 48.4 Å². The van der Waals surface area contributed by atoms with Crippen LogP contribution in [0.5, 0.6) is 0 Å². The van der Waals surface area contributed by atoms with E-state index < -0.39 is 23.4 Å². The van der Waals surface area contributed by atoms with E-state index in [4.69, 9.17) is 0 Å². The van der Waals surface area contributed by atoms with Crippen molar-refractivity contribution in [2.45, 2.75) is 24.6 Å². The molecule has 7 heteroatoms. The number of rotatable bonds is 2. The van der Waals surface area contributed by atoms with Crippen LogP contribution in [0.1, 0.15) is 24.0 Å². The Balaban J connectivity index is 1.39. The molecule has 1 unspecified atom stereocenters. The molecule has 2 aromatic rings. The molecule has 4 rings (SSSR count). The molecule has 1 aliphatic heterocycles. The second-order valence-corrected chi connectivity index (χ2v) is 7.74. The monoisotopic (exact) mass is 390 g/mol. The van der Waals surface area contributed by atoms with Gasteiger partial charge in [-0.25, -0.2) is 4.79 Å². The number of carbonyl (C=O) groups is 1. The van der Waals surface area contributed by atoms with Gasteiger partial charge in [0.1, 0.15) is 0 Å². The zero-order valence-corrected chi connectivity index (χ0v) is 15.1. The topological polar surface area (TPSA) is 52.6 Å². The number of alkyl halides is 3. The quantitative estimate of drug-likeness (QED) is 0.795. The zero-order chi connectivity index (χ0) is 19.9. The maximum Gasteiger partial charge on any atom is 0.416 e. The molecule has 1 saturated heterocycles. The molecule has 2 fully saturated rings. The summed E-state index contributed by atoms with van der Waals surface area (Å²) in [5, 5.41) is 13.6. The molecule has 2 amide bonds. The van der Waals surface area contributed by atoms with Crippen molar-refractivity contribution in [2.24, 2.45) is 11.8 Å². The van der Waals surface area contributed by atoms with E-state index in [9.17, 15) is 23.1 Å². The molecule has 0 bridgehead atoms. The highest BCUT2D eigenvalue weighted by atomic mass is 19.4. The van der Waals surface area contributed by atoms with Crippen molar-refractivity contribution in [2.75, 3.05) is 18.4 Å². The Morgan fingerprint density at radius 3 is 2.29 bits per heavy atom. The van der Waals surface area contributed by atoms with E-state index in [1.165, 1.54) is 12.1 Å². The molecule has 148 valence electrons. The number of anilines is 1. The minimum atomic E-state index is -4.45. The van der Waals surface area contributed by atoms with Crippen LogP contribution in [-0.2, 0) is 11.8 Å². The zero-order valence-electron chi connectivity index (χ0n) is 15.1. The number of nitrogens with zero attached hydrogens (tertiary/aromatic N) is 1. The van der Waals surface area contributed by atoms with Gasteiger partial charge in [0.2, 0.25) is 0 Å². The Morgan fingerprint density at radius 1 is 1.04 bits per heavy atom. The lowest BCUT2D eigenvalue weighted by atomic mass is 9.90. The Kier molecular flexibility index (Phi) is 4.57. The number of nitrogens with one attached hydrogen (secondary N) is 1. The van der Waals surface area contributed by atoms with Gasteiger partial charge in [-0.3, -0.25) is 0 Å². The van der Waals surface area contributed by atoms with Gasteiger partial charge in [-0.2, -0.15) is 13.2 Å². The smallest absolute Gasteiger partial charge is 0.385 e. The first kappa shape index (κ1) is 18.8. The van der Waals surface area contributed by atoms with E-state index in [0.717, 1.165) is 17.7 Å². The molecular weight excluding hydrogens is 369 g/mol. The molecule has 2 N–H and O–H groups in total. The largest absolute Gasteiger partial charge is 0.416 e. The number of hydrogen-bond acceptors (Lipinski definition) is 2. The Bertz CT molecular complexity index is 855. The third-order valence-corrected chi connectivity index (χ3v) is 5.82. The summed E-state index contributed by atoms with van der Waals surface area (Å²) in [6.45, 7) is 0.981. The van der Waals surface area contributed by atoms with Crippen molar-refractivity contribution in [1.29, 1.82) is 0 Å². The van der Waals surface area contributed by atoms with Crippen molar-refractivity contribution < 1.29 is 23.1 Å². The molecule has 1 heterocycles. The number of carbonyl (C=O) groups excluding carboxylic acids is 1. The lowest BCUT2D eigenvalue weighted by Crippen LogP contribution is -2.35. The van der Waals surface area contributed by atoms with E-state index in [-0.39, 0.29) is 17.5 Å². The highest BCUT2D eigenvalue weighted by molar-refractivity contribution is 5.89.